The van der Waals surface area contributed by atoms with Crippen LogP contribution in [-0.2, 0) is 17.5 Å². The van der Waals surface area contributed by atoms with E-state index in [1.807, 2.05) is 25.8 Å². The van der Waals surface area contributed by atoms with Crippen molar-refractivity contribution in [3.63, 3.8) is 0 Å². The van der Waals surface area contributed by atoms with Crippen molar-refractivity contribution >= 4 is 23.3 Å². The molecule has 278 valence electrons. The molecule has 0 aromatic heterocycles. The number of anilines is 2. The fraction of sp³-hybridized carbons (Fsp3) is 0.474. The van der Waals surface area contributed by atoms with Crippen LogP contribution in [0.3, 0.4) is 0 Å². The van der Waals surface area contributed by atoms with Gasteiger partial charge in [-0.25, -0.2) is 4.79 Å². The number of halogens is 3. The molecule has 3 aromatic rings. The van der Waals surface area contributed by atoms with Crippen molar-refractivity contribution in [3.05, 3.63) is 83.4 Å². The highest BCUT2D eigenvalue weighted by molar-refractivity contribution is 6.02. The number of urea groups is 1. The monoisotopic (exact) mass is 714 g/mol. The molecule has 0 spiro atoms. The summed E-state index contributed by atoms with van der Waals surface area (Å²) in [6.45, 7) is 6.99. The second-order valence-corrected chi connectivity index (χ2v) is 13.2. The number of methoxy groups -OCH3 is 1. The van der Waals surface area contributed by atoms with Gasteiger partial charge in [-0.05, 0) is 100 Å². The first-order valence-corrected chi connectivity index (χ1v) is 17.2. The van der Waals surface area contributed by atoms with Gasteiger partial charge in [0.1, 0.15) is 11.5 Å². The molecular weight excluding hydrogens is 665 g/mol. The average molecular weight is 715 g/mol. The molecule has 1 aliphatic rings. The minimum Gasteiger partial charge on any atom is -0.497 e. The Labute approximate surface area is 297 Å². The van der Waals surface area contributed by atoms with E-state index in [0.717, 1.165) is 30.5 Å². The quantitative estimate of drug-likeness (QED) is 0.214. The van der Waals surface area contributed by atoms with Gasteiger partial charge in [-0.15, -0.1) is 0 Å². The molecule has 0 saturated heterocycles. The first-order chi connectivity index (χ1) is 24.3. The summed E-state index contributed by atoms with van der Waals surface area (Å²) in [6.07, 6.45) is -2.61. The second kappa shape index (κ2) is 18.2. The summed E-state index contributed by atoms with van der Waals surface area (Å²) in [5, 5.41) is 15.8. The molecule has 0 radical (unpaired) electrons. The lowest BCUT2D eigenvalue weighted by Gasteiger charge is -2.36. The molecule has 10 nitrogen and oxygen atoms in total. The Morgan fingerprint density at radius 3 is 2.35 bits per heavy atom. The molecule has 0 fully saturated rings. The lowest BCUT2D eigenvalue weighted by Crippen LogP contribution is -2.47. The van der Waals surface area contributed by atoms with E-state index in [2.05, 4.69) is 10.6 Å². The Morgan fingerprint density at radius 1 is 1.04 bits per heavy atom. The number of nitrogens with one attached hydrogen (secondary N) is 2. The topological polar surface area (TPSA) is 113 Å². The maximum absolute atomic E-state index is 14.4. The molecule has 0 bridgehead atoms. The third-order valence-electron chi connectivity index (χ3n) is 8.88. The lowest BCUT2D eigenvalue weighted by atomic mass is 10.0. The number of carbonyl (C=O) groups excluding carboxylic acids is 2. The van der Waals surface area contributed by atoms with Crippen LogP contribution in [-0.4, -0.2) is 85.6 Å². The normalized spacial score (nSPS) is 19.8. The predicted octanol–water partition coefficient (Wildman–Crippen LogP) is 7.29. The molecule has 1 aliphatic heterocycles. The molecule has 0 unspecified atom stereocenters. The van der Waals surface area contributed by atoms with Crippen molar-refractivity contribution in [1.29, 1.82) is 0 Å². The van der Waals surface area contributed by atoms with E-state index in [1.165, 1.54) is 12.1 Å². The summed E-state index contributed by atoms with van der Waals surface area (Å²) in [5.41, 5.74) is 1.21. The Bertz CT molecular complexity index is 1570. The molecule has 4 atom stereocenters. The van der Waals surface area contributed by atoms with Crippen LogP contribution in [0.15, 0.2) is 66.7 Å². The van der Waals surface area contributed by atoms with E-state index in [0.29, 0.717) is 49.0 Å². The predicted molar refractivity (Wildman–Crippen MR) is 190 cm³/mol. The standard InChI is InChI=1S/C38H49F3N4O6/c1-25-21-45(26(2)24-46)36(47)33-20-31(43-37(48)42-30-13-16-32(49-5)17-14-30)15-18-34(33)51-27(3)8-6-7-19-50-35(25)23-44(4)22-28-9-11-29(12-10-28)38(39,40)41/h9-18,20,25-27,35,46H,6-8,19,21-24H2,1-5H3,(H2,42,43,48)/t25-,26+,27-,35+/m1/s1. The fourth-order valence-corrected chi connectivity index (χ4v) is 5.91. The van der Waals surface area contributed by atoms with Crippen LogP contribution >= 0.6 is 0 Å². The highest BCUT2D eigenvalue weighted by Crippen LogP contribution is 2.30. The number of rotatable bonds is 9. The molecule has 3 aromatic carbocycles. The minimum absolute atomic E-state index is 0.194. The molecular formula is C38H49F3N4O6. The van der Waals surface area contributed by atoms with Crippen LogP contribution in [0.5, 0.6) is 11.5 Å². The molecule has 51 heavy (non-hydrogen) atoms. The van der Waals surface area contributed by atoms with Crippen LogP contribution in [0.2, 0.25) is 0 Å². The summed E-state index contributed by atoms with van der Waals surface area (Å²) in [5.74, 6) is 0.455. The van der Waals surface area contributed by atoms with Gasteiger partial charge >= 0.3 is 12.2 Å². The van der Waals surface area contributed by atoms with E-state index in [4.69, 9.17) is 14.2 Å². The Kier molecular flexibility index (Phi) is 14.1. The van der Waals surface area contributed by atoms with Crippen molar-refractivity contribution in [2.75, 3.05) is 51.1 Å². The number of amides is 3. The zero-order valence-electron chi connectivity index (χ0n) is 29.8. The van der Waals surface area contributed by atoms with Gasteiger partial charge in [-0.2, -0.15) is 13.2 Å². The Morgan fingerprint density at radius 2 is 1.71 bits per heavy atom. The molecule has 4 rings (SSSR count). The molecule has 13 heteroatoms. The Balaban J connectivity index is 1.55. The van der Waals surface area contributed by atoms with Gasteiger partial charge in [0.15, 0.2) is 0 Å². The maximum atomic E-state index is 14.4. The van der Waals surface area contributed by atoms with E-state index in [1.54, 1.807) is 61.4 Å². The summed E-state index contributed by atoms with van der Waals surface area (Å²) < 4.78 is 57.1. The van der Waals surface area contributed by atoms with Gasteiger partial charge in [0.2, 0.25) is 0 Å². The first kappa shape index (κ1) is 39.5. The second-order valence-electron chi connectivity index (χ2n) is 13.2. The number of aliphatic hydroxyl groups excluding tert-OH is 1. The smallest absolute Gasteiger partial charge is 0.416 e. The Hall–Kier alpha value is -4.33. The number of likely N-dealkylation sites (N-methyl/N-ethyl adjacent to an activating group) is 1. The van der Waals surface area contributed by atoms with Gasteiger partial charge < -0.3 is 34.9 Å². The van der Waals surface area contributed by atoms with E-state index in [-0.39, 0.29) is 42.7 Å². The van der Waals surface area contributed by atoms with E-state index >= 15 is 0 Å². The maximum Gasteiger partial charge on any atom is 0.416 e. The van der Waals surface area contributed by atoms with Crippen molar-refractivity contribution in [1.82, 2.24) is 9.80 Å². The van der Waals surface area contributed by atoms with Crippen LogP contribution in [0, 0.1) is 5.92 Å². The molecule has 3 N–H and O–H groups in total. The largest absolute Gasteiger partial charge is 0.497 e. The molecule has 3 amide bonds. The van der Waals surface area contributed by atoms with Crippen LogP contribution in [0.1, 0.15) is 61.5 Å². The average Bonchev–Trinajstić information content (AvgIpc) is 3.09. The van der Waals surface area contributed by atoms with Crippen LogP contribution < -0.4 is 20.1 Å². The van der Waals surface area contributed by atoms with Crippen LogP contribution in [0.4, 0.5) is 29.3 Å². The third kappa shape index (κ3) is 11.6. The van der Waals surface area contributed by atoms with Gasteiger partial charge in [0.05, 0.1) is 43.1 Å². The molecule has 0 saturated carbocycles. The van der Waals surface area contributed by atoms with Crippen molar-refractivity contribution < 1.29 is 42.1 Å². The number of alkyl halides is 3. The lowest BCUT2D eigenvalue weighted by molar-refractivity contribution is -0.137. The zero-order chi connectivity index (χ0) is 37.1. The van der Waals surface area contributed by atoms with Crippen LogP contribution in [0.25, 0.3) is 0 Å². The fourth-order valence-electron chi connectivity index (χ4n) is 5.91. The summed E-state index contributed by atoms with van der Waals surface area (Å²) in [4.78, 5) is 30.9. The van der Waals surface area contributed by atoms with Crippen molar-refractivity contribution in [2.24, 2.45) is 5.92 Å². The number of carbonyl (C=O) groups is 2. The van der Waals surface area contributed by atoms with Gasteiger partial charge in [0.25, 0.3) is 5.91 Å². The number of benzene rings is 3. The zero-order valence-corrected chi connectivity index (χ0v) is 29.8. The van der Waals surface area contributed by atoms with E-state index in [9.17, 15) is 27.9 Å². The van der Waals surface area contributed by atoms with Gasteiger partial charge in [-0.1, -0.05) is 19.1 Å². The first-order valence-electron chi connectivity index (χ1n) is 17.2. The summed E-state index contributed by atoms with van der Waals surface area (Å²) in [6, 6.07) is 15.9. The number of nitrogens with zero attached hydrogens (tertiary/aromatic N) is 2. The van der Waals surface area contributed by atoms with E-state index < -0.39 is 23.8 Å². The van der Waals surface area contributed by atoms with Gasteiger partial charge in [-0.3, -0.25) is 9.69 Å². The number of aliphatic hydroxyl groups is 1. The minimum atomic E-state index is -4.40. The number of hydrogen-bond acceptors (Lipinski definition) is 7. The van der Waals surface area contributed by atoms with Gasteiger partial charge in [0, 0.05) is 43.5 Å². The van der Waals surface area contributed by atoms with Crippen molar-refractivity contribution in [3.8, 4) is 11.5 Å². The van der Waals surface area contributed by atoms with Crippen molar-refractivity contribution in [2.45, 2.75) is 71.0 Å². The molecule has 1 heterocycles. The summed E-state index contributed by atoms with van der Waals surface area (Å²) in [7, 11) is 3.44. The SMILES string of the molecule is COc1ccc(NC(=O)Nc2ccc3c(c2)C(=O)N([C@@H](C)CO)C[C@@H](C)[C@H](CN(C)Cc2ccc(C(F)(F)F)cc2)OCCCC[C@@H](C)O3)cc1. The number of ether oxygens (including phenoxy) is 3. The third-order valence-corrected chi connectivity index (χ3v) is 8.88. The number of hydrogen-bond donors (Lipinski definition) is 3. The summed E-state index contributed by atoms with van der Waals surface area (Å²) >= 11 is 0. The highest BCUT2D eigenvalue weighted by Gasteiger charge is 2.32. The number of fused-ring (bicyclic) bond motifs is 1. The molecule has 0 aliphatic carbocycles. The highest BCUT2D eigenvalue weighted by atomic mass is 19.4.